The lowest BCUT2D eigenvalue weighted by Crippen LogP contribution is -2.49. The van der Waals surface area contributed by atoms with Crippen molar-refractivity contribution in [3.05, 3.63) is 0 Å². The zero-order valence-electron chi connectivity index (χ0n) is 16.9. The van der Waals surface area contributed by atoms with E-state index in [4.69, 9.17) is 9.47 Å². The van der Waals surface area contributed by atoms with E-state index in [0.717, 1.165) is 25.9 Å². The first kappa shape index (κ1) is 25.7. The molecular formula is C18H40N2O6. The molecule has 4 atom stereocenters. The minimum Gasteiger partial charge on any atom is -0.392 e. The Bertz CT molecular complexity index is 288. The van der Waals surface area contributed by atoms with Crippen LogP contribution in [0.3, 0.4) is 0 Å². The van der Waals surface area contributed by atoms with Gasteiger partial charge in [0.25, 0.3) is 0 Å². The minimum absolute atomic E-state index is 0.318. The maximum Gasteiger partial charge on any atom is 0.0745 e. The highest BCUT2D eigenvalue weighted by molar-refractivity contribution is 4.65. The van der Waals surface area contributed by atoms with E-state index in [0.29, 0.717) is 39.5 Å². The Morgan fingerprint density at radius 2 is 1.00 bits per heavy atom. The Morgan fingerprint density at radius 3 is 1.31 bits per heavy atom. The quantitative estimate of drug-likeness (QED) is 0.204. The number of aliphatic hydroxyl groups is 4. The summed E-state index contributed by atoms with van der Waals surface area (Å²) in [6.07, 6.45) is -0.406. The van der Waals surface area contributed by atoms with Crippen molar-refractivity contribution in [1.82, 2.24) is 10.0 Å². The van der Waals surface area contributed by atoms with Crippen LogP contribution >= 0.6 is 0 Å². The molecule has 8 nitrogen and oxygen atoms in total. The second-order valence-electron chi connectivity index (χ2n) is 7.08. The Balaban J connectivity index is 4.50. The molecule has 0 amide bonds. The predicted octanol–water partition coefficient (Wildman–Crippen LogP) is -0.158. The van der Waals surface area contributed by atoms with Crippen LogP contribution in [0.4, 0.5) is 0 Å². The first-order chi connectivity index (χ1) is 12.2. The average Bonchev–Trinajstić information content (AvgIpc) is 2.50. The molecular weight excluding hydrogens is 340 g/mol. The van der Waals surface area contributed by atoms with E-state index in [9.17, 15) is 20.4 Å². The van der Waals surface area contributed by atoms with Gasteiger partial charge >= 0.3 is 0 Å². The van der Waals surface area contributed by atoms with Gasteiger partial charge in [-0.3, -0.25) is 0 Å². The fraction of sp³-hybridized carbons (Fsp3) is 1.00. The van der Waals surface area contributed by atoms with Crippen LogP contribution in [0.5, 0.6) is 0 Å². The number of aliphatic hydroxyl groups excluding tert-OH is 4. The van der Waals surface area contributed by atoms with Gasteiger partial charge in [0.05, 0.1) is 37.6 Å². The molecule has 0 bridgehead atoms. The largest absolute Gasteiger partial charge is 0.392 e. The Labute approximate surface area is 158 Å². The monoisotopic (exact) mass is 380 g/mol. The lowest BCUT2D eigenvalue weighted by atomic mass is 10.3. The van der Waals surface area contributed by atoms with Crippen molar-refractivity contribution in [2.24, 2.45) is 0 Å². The van der Waals surface area contributed by atoms with E-state index in [-0.39, 0.29) is 0 Å². The predicted molar refractivity (Wildman–Crippen MR) is 101 cm³/mol. The molecule has 0 fully saturated rings. The molecule has 158 valence electrons. The molecule has 0 aliphatic carbocycles. The third kappa shape index (κ3) is 15.9. The summed E-state index contributed by atoms with van der Waals surface area (Å²) in [7, 11) is 0. The van der Waals surface area contributed by atoms with Crippen molar-refractivity contribution >= 4 is 0 Å². The Hall–Kier alpha value is -0.320. The highest BCUT2D eigenvalue weighted by atomic mass is 16.5. The highest BCUT2D eigenvalue weighted by Gasteiger charge is 2.18. The van der Waals surface area contributed by atoms with Gasteiger partial charge in [-0.1, -0.05) is 0 Å². The third-order valence-electron chi connectivity index (χ3n) is 3.48. The zero-order chi connectivity index (χ0) is 19.9. The molecule has 0 aliphatic heterocycles. The van der Waals surface area contributed by atoms with Gasteiger partial charge in [0.1, 0.15) is 0 Å². The second-order valence-corrected chi connectivity index (χ2v) is 7.08. The van der Waals surface area contributed by atoms with Crippen molar-refractivity contribution in [2.75, 3.05) is 52.6 Å². The van der Waals surface area contributed by atoms with Gasteiger partial charge in [-0.25, -0.2) is 10.0 Å². The van der Waals surface area contributed by atoms with E-state index in [2.05, 4.69) is 5.01 Å². The molecule has 0 spiro atoms. The standard InChI is InChI=1S/C18H40N2O6/c1-15(21)11-20(12-16(2)22)19(7-5-9-25-13-17(3)23)8-6-10-26-14-18(4)24/h15-18,21-24H,5-14H2,1-4H3. The topological polar surface area (TPSA) is 106 Å². The smallest absolute Gasteiger partial charge is 0.0745 e. The van der Waals surface area contributed by atoms with Crippen LogP contribution in [-0.4, -0.2) is 107 Å². The summed E-state index contributed by atoms with van der Waals surface area (Å²) in [5.74, 6) is 0. The molecule has 4 unspecified atom stereocenters. The van der Waals surface area contributed by atoms with E-state index >= 15 is 0 Å². The lowest BCUT2D eigenvalue weighted by Gasteiger charge is -2.36. The van der Waals surface area contributed by atoms with Gasteiger partial charge < -0.3 is 29.9 Å². The number of hydrogen-bond donors (Lipinski definition) is 4. The average molecular weight is 381 g/mol. The first-order valence-corrected chi connectivity index (χ1v) is 9.59. The number of hydrazine groups is 1. The van der Waals surface area contributed by atoms with Crippen molar-refractivity contribution in [1.29, 1.82) is 0 Å². The second kappa shape index (κ2) is 15.7. The summed E-state index contributed by atoms with van der Waals surface area (Å²) in [4.78, 5) is 0. The maximum atomic E-state index is 9.77. The van der Waals surface area contributed by atoms with Crippen molar-refractivity contribution in [2.45, 2.75) is 65.0 Å². The van der Waals surface area contributed by atoms with Crippen molar-refractivity contribution in [3.8, 4) is 0 Å². The molecule has 0 saturated carbocycles. The molecule has 0 radical (unpaired) electrons. The Morgan fingerprint density at radius 1 is 0.615 bits per heavy atom. The van der Waals surface area contributed by atoms with E-state index < -0.39 is 24.4 Å². The summed E-state index contributed by atoms with van der Waals surface area (Å²) in [5.41, 5.74) is 0. The number of ether oxygens (including phenoxy) is 2. The van der Waals surface area contributed by atoms with Crippen LogP contribution in [0, 0.1) is 0 Å². The summed E-state index contributed by atoms with van der Waals surface area (Å²) < 4.78 is 10.8. The van der Waals surface area contributed by atoms with Crippen LogP contribution in [0.25, 0.3) is 0 Å². The van der Waals surface area contributed by atoms with Gasteiger partial charge in [0.2, 0.25) is 0 Å². The fourth-order valence-corrected chi connectivity index (χ4v) is 2.52. The molecule has 26 heavy (non-hydrogen) atoms. The van der Waals surface area contributed by atoms with Gasteiger partial charge in [0.15, 0.2) is 0 Å². The molecule has 8 heteroatoms. The van der Waals surface area contributed by atoms with E-state index in [1.165, 1.54) is 0 Å². The molecule has 0 saturated heterocycles. The molecule has 0 heterocycles. The van der Waals surface area contributed by atoms with Crippen LogP contribution in [0.1, 0.15) is 40.5 Å². The highest BCUT2D eigenvalue weighted by Crippen LogP contribution is 2.06. The van der Waals surface area contributed by atoms with Gasteiger partial charge in [-0.2, -0.15) is 0 Å². The summed E-state index contributed by atoms with van der Waals surface area (Å²) in [5, 5.41) is 42.1. The van der Waals surface area contributed by atoms with Crippen LogP contribution in [0.15, 0.2) is 0 Å². The number of rotatable bonds is 17. The van der Waals surface area contributed by atoms with Crippen LogP contribution < -0.4 is 0 Å². The minimum atomic E-state index is -0.505. The van der Waals surface area contributed by atoms with E-state index in [1.54, 1.807) is 27.7 Å². The summed E-state index contributed by atoms with van der Waals surface area (Å²) in [6.45, 7) is 10.9. The number of nitrogens with zero attached hydrogens (tertiary/aromatic N) is 2. The SMILES string of the molecule is CC(O)COCCCN(CCCOCC(C)O)N(CC(C)O)CC(C)O. The van der Waals surface area contributed by atoms with Crippen molar-refractivity contribution < 1.29 is 29.9 Å². The summed E-state index contributed by atoms with van der Waals surface area (Å²) >= 11 is 0. The molecule has 4 N–H and O–H groups in total. The lowest BCUT2D eigenvalue weighted by molar-refractivity contribution is -0.0789. The van der Waals surface area contributed by atoms with Gasteiger partial charge in [-0.15, -0.1) is 0 Å². The first-order valence-electron chi connectivity index (χ1n) is 9.59. The van der Waals surface area contributed by atoms with Gasteiger partial charge in [-0.05, 0) is 40.5 Å². The summed E-state index contributed by atoms with van der Waals surface area (Å²) in [6, 6.07) is 0. The number of hydrogen-bond acceptors (Lipinski definition) is 8. The molecule has 0 aromatic rings. The normalized spacial score (nSPS) is 16.8. The molecule has 0 rings (SSSR count). The zero-order valence-corrected chi connectivity index (χ0v) is 16.9. The Kier molecular flexibility index (Phi) is 15.5. The van der Waals surface area contributed by atoms with Crippen LogP contribution in [-0.2, 0) is 9.47 Å². The van der Waals surface area contributed by atoms with Crippen LogP contribution in [0.2, 0.25) is 0 Å². The molecule has 0 aliphatic rings. The van der Waals surface area contributed by atoms with Gasteiger partial charge in [0, 0.05) is 39.4 Å². The molecule has 0 aromatic carbocycles. The van der Waals surface area contributed by atoms with Crippen molar-refractivity contribution in [3.63, 3.8) is 0 Å². The fourth-order valence-electron chi connectivity index (χ4n) is 2.52. The third-order valence-corrected chi connectivity index (χ3v) is 3.48. The maximum absolute atomic E-state index is 9.77. The van der Waals surface area contributed by atoms with E-state index in [1.807, 2.05) is 5.01 Å². The molecule has 0 aromatic heterocycles.